The van der Waals surface area contributed by atoms with Crippen LogP contribution >= 0.6 is 0 Å². The summed E-state index contributed by atoms with van der Waals surface area (Å²) < 4.78 is 36.8. The molecule has 1 aliphatic carbocycles. The second-order valence-electron chi connectivity index (χ2n) is 3.90. The fraction of sp³-hybridized carbons (Fsp3) is 1.00. The van der Waals surface area contributed by atoms with Crippen molar-refractivity contribution in [2.75, 3.05) is 0 Å². The van der Waals surface area contributed by atoms with E-state index in [1.807, 2.05) is 0 Å². The Bertz CT molecular complexity index is 159. The number of aliphatic hydroxyl groups excluding tert-OH is 1. The summed E-state index contributed by atoms with van der Waals surface area (Å²) >= 11 is 0. The first-order valence-corrected chi connectivity index (χ1v) is 4.66. The van der Waals surface area contributed by atoms with E-state index >= 15 is 0 Å². The highest BCUT2D eigenvalue weighted by Gasteiger charge is 2.41. The summed E-state index contributed by atoms with van der Waals surface area (Å²) in [6, 6.07) is 0. The zero-order valence-electron chi connectivity index (χ0n) is 7.64. The molecule has 0 spiro atoms. The fourth-order valence-corrected chi connectivity index (χ4v) is 1.87. The Morgan fingerprint density at radius 3 is 2.00 bits per heavy atom. The second-order valence-corrected chi connectivity index (χ2v) is 3.90. The van der Waals surface area contributed by atoms with E-state index in [4.69, 9.17) is 5.11 Å². The highest BCUT2D eigenvalue weighted by molar-refractivity contribution is 4.78. The van der Waals surface area contributed by atoms with Crippen LogP contribution in [0.2, 0.25) is 0 Å². The molecule has 78 valence electrons. The number of halogens is 3. The molecule has 1 atom stereocenters. The number of hydrogen-bond acceptors (Lipinski definition) is 1. The SMILES string of the molecule is CC(C1CCC(O)CC1)C(F)(F)F. The third-order valence-corrected chi connectivity index (χ3v) is 2.96. The largest absolute Gasteiger partial charge is 0.393 e. The zero-order valence-corrected chi connectivity index (χ0v) is 7.64. The lowest BCUT2D eigenvalue weighted by molar-refractivity contribution is -0.187. The van der Waals surface area contributed by atoms with Crippen LogP contribution in [0.4, 0.5) is 13.2 Å². The minimum Gasteiger partial charge on any atom is -0.393 e. The predicted molar refractivity (Wildman–Crippen MR) is 43.2 cm³/mol. The molecule has 0 heterocycles. The van der Waals surface area contributed by atoms with Crippen molar-refractivity contribution in [2.24, 2.45) is 11.8 Å². The van der Waals surface area contributed by atoms with Gasteiger partial charge in [-0.1, -0.05) is 6.92 Å². The van der Waals surface area contributed by atoms with Crippen molar-refractivity contribution >= 4 is 0 Å². The Morgan fingerprint density at radius 1 is 1.15 bits per heavy atom. The average molecular weight is 196 g/mol. The summed E-state index contributed by atoms with van der Waals surface area (Å²) in [7, 11) is 0. The third-order valence-electron chi connectivity index (χ3n) is 2.96. The van der Waals surface area contributed by atoms with Gasteiger partial charge in [0.2, 0.25) is 0 Å². The van der Waals surface area contributed by atoms with Crippen molar-refractivity contribution in [2.45, 2.75) is 44.9 Å². The van der Waals surface area contributed by atoms with E-state index in [2.05, 4.69) is 0 Å². The van der Waals surface area contributed by atoms with E-state index in [9.17, 15) is 13.2 Å². The van der Waals surface area contributed by atoms with Crippen LogP contribution < -0.4 is 0 Å². The Balaban J connectivity index is 2.45. The molecule has 0 aliphatic heterocycles. The molecule has 0 radical (unpaired) electrons. The van der Waals surface area contributed by atoms with Crippen molar-refractivity contribution in [1.29, 1.82) is 0 Å². The first kappa shape index (κ1) is 10.8. The van der Waals surface area contributed by atoms with E-state index in [-0.39, 0.29) is 12.0 Å². The average Bonchev–Trinajstić information content (AvgIpc) is 2.03. The molecule has 1 unspecified atom stereocenters. The van der Waals surface area contributed by atoms with Gasteiger partial charge < -0.3 is 5.11 Å². The van der Waals surface area contributed by atoms with Gasteiger partial charge in [-0.25, -0.2) is 0 Å². The van der Waals surface area contributed by atoms with Crippen LogP contribution in [0.15, 0.2) is 0 Å². The van der Waals surface area contributed by atoms with Crippen LogP contribution in [0, 0.1) is 11.8 Å². The lowest BCUT2D eigenvalue weighted by atomic mass is 9.79. The summed E-state index contributed by atoms with van der Waals surface area (Å²) in [5, 5.41) is 9.13. The molecule has 1 saturated carbocycles. The van der Waals surface area contributed by atoms with Crippen LogP contribution in [0.1, 0.15) is 32.6 Å². The fourth-order valence-electron chi connectivity index (χ4n) is 1.87. The molecule has 4 heteroatoms. The summed E-state index contributed by atoms with van der Waals surface area (Å²) in [4.78, 5) is 0. The van der Waals surface area contributed by atoms with Crippen molar-refractivity contribution < 1.29 is 18.3 Å². The van der Waals surface area contributed by atoms with Crippen LogP contribution in [0.5, 0.6) is 0 Å². The number of rotatable bonds is 1. The highest BCUT2D eigenvalue weighted by atomic mass is 19.4. The standard InChI is InChI=1S/C9H15F3O/c1-6(9(10,11)12)7-2-4-8(13)5-3-7/h6-8,13H,2-5H2,1H3. The first-order valence-electron chi connectivity index (χ1n) is 4.66. The smallest absolute Gasteiger partial charge is 0.391 e. The molecule has 13 heavy (non-hydrogen) atoms. The molecule has 0 amide bonds. The van der Waals surface area contributed by atoms with E-state index in [1.165, 1.54) is 6.92 Å². The van der Waals surface area contributed by atoms with Crippen LogP contribution in [0.3, 0.4) is 0 Å². The van der Waals surface area contributed by atoms with Gasteiger partial charge in [-0.2, -0.15) is 13.2 Å². The summed E-state index contributed by atoms with van der Waals surface area (Å²) in [6.07, 6.45) is -2.41. The summed E-state index contributed by atoms with van der Waals surface area (Å²) in [5.41, 5.74) is 0. The van der Waals surface area contributed by atoms with Crippen molar-refractivity contribution in [3.05, 3.63) is 0 Å². The van der Waals surface area contributed by atoms with Gasteiger partial charge in [-0.15, -0.1) is 0 Å². The minimum atomic E-state index is -4.08. The Labute approximate surface area is 75.9 Å². The van der Waals surface area contributed by atoms with Gasteiger partial charge in [0, 0.05) is 0 Å². The van der Waals surface area contributed by atoms with Gasteiger partial charge >= 0.3 is 6.18 Å². The number of hydrogen-bond donors (Lipinski definition) is 1. The Hall–Kier alpha value is -0.250. The molecular weight excluding hydrogens is 181 g/mol. The maximum Gasteiger partial charge on any atom is 0.391 e. The van der Waals surface area contributed by atoms with Crippen molar-refractivity contribution in [1.82, 2.24) is 0 Å². The monoisotopic (exact) mass is 196 g/mol. The van der Waals surface area contributed by atoms with Crippen molar-refractivity contribution in [3.63, 3.8) is 0 Å². The van der Waals surface area contributed by atoms with Crippen LogP contribution in [0.25, 0.3) is 0 Å². The topological polar surface area (TPSA) is 20.2 Å². The summed E-state index contributed by atoms with van der Waals surface area (Å²) in [5.74, 6) is -1.51. The van der Waals surface area contributed by atoms with Gasteiger partial charge in [0.15, 0.2) is 0 Å². The summed E-state index contributed by atoms with van der Waals surface area (Å²) in [6.45, 7) is 1.24. The third kappa shape index (κ3) is 2.86. The minimum absolute atomic E-state index is 0.289. The van der Waals surface area contributed by atoms with Gasteiger partial charge in [-0.05, 0) is 31.6 Å². The Kier molecular flexibility index (Phi) is 3.22. The molecule has 0 aromatic heterocycles. The molecule has 1 nitrogen and oxygen atoms in total. The van der Waals surface area contributed by atoms with Crippen LogP contribution in [-0.2, 0) is 0 Å². The van der Waals surface area contributed by atoms with E-state index < -0.39 is 12.1 Å². The zero-order chi connectivity index (χ0) is 10.1. The van der Waals surface area contributed by atoms with Gasteiger partial charge in [0.05, 0.1) is 12.0 Å². The lowest BCUT2D eigenvalue weighted by Crippen LogP contribution is -2.31. The maximum atomic E-state index is 12.3. The number of alkyl halides is 3. The van der Waals surface area contributed by atoms with Gasteiger partial charge in [0.1, 0.15) is 0 Å². The van der Waals surface area contributed by atoms with E-state index in [1.54, 1.807) is 0 Å². The highest BCUT2D eigenvalue weighted by Crippen LogP contribution is 2.38. The van der Waals surface area contributed by atoms with Gasteiger partial charge in [0.25, 0.3) is 0 Å². The molecular formula is C9H15F3O. The molecule has 1 aliphatic rings. The molecule has 0 aromatic rings. The molecule has 1 N–H and O–H groups in total. The maximum absolute atomic E-state index is 12.3. The second kappa shape index (κ2) is 3.86. The first-order chi connectivity index (χ1) is 5.91. The van der Waals surface area contributed by atoms with Crippen LogP contribution in [-0.4, -0.2) is 17.4 Å². The lowest BCUT2D eigenvalue weighted by Gasteiger charge is -2.31. The molecule has 1 fully saturated rings. The molecule has 0 bridgehead atoms. The van der Waals surface area contributed by atoms with Gasteiger partial charge in [-0.3, -0.25) is 0 Å². The van der Waals surface area contributed by atoms with E-state index in [0.29, 0.717) is 25.7 Å². The molecule has 0 aromatic carbocycles. The predicted octanol–water partition coefficient (Wildman–Crippen LogP) is 2.74. The molecule has 0 saturated heterocycles. The Morgan fingerprint density at radius 2 is 1.62 bits per heavy atom. The number of aliphatic hydroxyl groups is 1. The van der Waals surface area contributed by atoms with E-state index in [0.717, 1.165) is 0 Å². The van der Waals surface area contributed by atoms with Crippen molar-refractivity contribution in [3.8, 4) is 0 Å². The normalized spacial score (nSPS) is 33.0. The quantitative estimate of drug-likeness (QED) is 0.683. The molecule has 1 rings (SSSR count).